The van der Waals surface area contributed by atoms with Crippen LogP contribution in [0, 0.1) is 0 Å². The van der Waals surface area contributed by atoms with Gasteiger partial charge in [0.1, 0.15) is 0 Å². The summed E-state index contributed by atoms with van der Waals surface area (Å²) in [4.78, 5) is 11.0. The van der Waals surface area contributed by atoms with Crippen LogP contribution in [0.15, 0.2) is 18.6 Å². The number of piperidine rings is 1. The van der Waals surface area contributed by atoms with Crippen molar-refractivity contribution in [2.45, 2.75) is 31.8 Å². The van der Waals surface area contributed by atoms with Crippen LogP contribution in [0.5, 0.6) is 0 Å². The van der Waals surface area contributed by atoms with Crippen LogP contribution in [-0.4, -0.2) is 41.0 Å². The molecule has 4 nitrogen and oxygen atoms in total. The van der Waals surface area contributed by atoms with E-state index in [4.69, 9.17) is 0 Å². The van der Waals surface area contributed by atoms with Crippen LogP contribution in [-0.2, 0) is 0 Å². The van der Waals surface area contributed by atoms with E-state index in [0.29, 0.717) is 12.1 Å². The first-order chi connectivity index (χ1) is 7.81. The fraction of sp³-hybridized carbons (Fsp3) is 0.667. The first-order valence-electron chi connectivity index (χ1n) is 5.98. The van der Waals surface area contributed by atoms with Gasteiger partial charge in [0.25, 0.3) is 0 Å². The summed E-state index contributed by atoms with van der Waals surface area (Å²) in [7, 11) is 2.04. The third kappa shape index (κ3) is 2.57. The number of rotatable bonds is 3. The van der Waals surface area contributed by atoms with Crippen LogP contribution >= 0.6 is 0 Å². The van der Waals surface area contributed by atoms with E-state index in [-0.39, 0.29) is 0 Å². The maximum absolute atomic E-state index is 4.38. The van der Waals surface area contributed by atoms with Crippen molar-refractivity contribution in [2.24, 2.45) is 0 Å². The van der Waals surface area contributed by atoms with E-state index < -0.39 is 0 Å². The van der Waals surface area contributed by atoms with Crippen molar-refractivity contribution < 1.29 is 0 Å². The second kappa shape index (κ2) is 5.37. The highest BCUT2D eigenvalue weighted by atomic mass is 15.2. The van der Waals surface area contributed by atoms with Crippen LogP contribution in [0.25, 0.3) is 0 Å². The van der Waals surface area contributed by atoms with Gasteiger partial charge in [-0.25, -0.2) is 0 Å². The smallest absolute Gasteiger partial charge is 0.0755 e. The minimum Gasteiger partial charge on any atom is -0.316 e. The average Bonchev–Trinajstić information content (AvgIpc) is 2.39. The summed E-state index contributed by atoms with van der Waals surface area (Å²) in [5.41, 5.74) is 1.07. The quantitative estimate of drug-likeness (QED) is 0.831. The molecule has 2 heterocycles. The molecule has 88 valence electrons. The van der Waals surface area contributed by atoms with E-state index in [9.17, 15) is 0 Å². The lowest BCUT2D eigenvalue weighted by atomic mass is 10.0. The Morgan fingerprint density at radius 3 is 3.06 bits per heavy atom. The highest BCUT2D eigenvalue weighted by Crippen LogP contribution is 2.21. The SMILES string of the molecule is CN[C@H]1CCCN([C@@H](C)c2cnccn2)C1. The number of nitrogens with zero attached hydrogens (tertiary/aromatic N) is 3. The normalized spacial score (nSPS) is 24.2. The van der Waals surface area contributed by atoms with Gasteiger partial charge in [0.05, 0.1) is 11.7 Å². The number of likely N-dealkylation sites (tertiary alicyclic amines) is 1. The molecular formula is C12H20N4. The predicted molar refractivity (Wildman–Crippen MR) is 64.1 cm³/mol. The number of aromatic nitrogens is 2. The minimum atomic E-state index is 0.366. The summed E-state index contributed by atoms with van der Waals surface area (Å²) in [6.45, 7) is 4.48. The lowest BCUT2D eigenvalue weighted by Gasteiger charge is -2.36. The van der Waals surface area contributed by atoms with Gasteiger partial charge in [0.2, 0.25) is 0 Å². The van der Waals surface area contributed by atoms with Crippen molar-refractivity contribution in [1.82, 2.24) is 20.2 Å². The Morgan fingerprint density at radius 1 is 1.50 bits per heavy atom. The molecule has 0 saturated carbocycles. The second-order valence-corrected chi connectivity index (χ2v) is 4.43. The molecule has 0 aliphatic carbocycles. The summed E-state index contributed by atoms with van der Waals surface area (Å²) in [5.74, 6) is 0. The van der Waals surface area contributed by atoms with Crippen molar-refractivity contribution in [2.75, 3.05) is 20.1 Å². The second-order valence-electron chi connectivity index (χ2n) is 4.43. The van der Waals surface area contributed by atoms with E-state index in [1.165, 1.54) is 12.8 Å². The van der Waals surface area contributed by atoms with Gasteiger partial charge >= 0.3 is 0 Å². The number of nitrogens with one attached hydrogen (secondary N) is 1. The van der Waals surface area contributed by atoms with E-state index >= 15 is 0 Å². The number of hydrogen-bond donors (Lipinski definition) is 1. The molecule has 4 heteroatoms. The molecule has 0 amide bonds. The van der Waals surface area contributed by atoms with Crippen LogP contribution in [0.2, 0.25) is 0 Å². The molecule has 1 saturated heterocycles. The maximum atomic E-state index is 4.38. The molecule has 1 aromatic rings. The van der Waals surface area contributed by atoms with E-state index in [1.54, 1.807) is 12.4 Å². The number of likely N-dealkylation sites (N-methyl/N-ethyl adjacent to an activating group) is 1. The molecule has 16 heavy (non-hydrogen) atoms. The van der Waals surface area contributed by atoms with E-state index in [2.05, 4.69) is 27.1 Å². The Bertz CT molecular complexity index is 314. The summed E-state index contributed by atoms with van der Waals surface area (Å²) < 4.78 is 0. The molecule has 0 aromatic carbocycles. The third-order valence-electron chi connectivity index (χ3n) is 3.42. The summed E-state index contributed by atoms with van der Waals surface area (Å²) in [6, 6.07) is 0.984. The van der Waals surface area contributed by atoms with Gasteiger partial charge in [-0.3, -0.25) is 14.9 Å². The molecule has 0 unspecified atom stereocenters. The van der Waals surface area contributed by atoms with Crippen molar-refractivity contribution in [1.29, 1.82) is 0 Å². The molecular weight excluding hydrogens is 200 g/mol. The lowest BCUT2D eigenvalue weighted by Crippen LogP contribution is -2.45. The molecule has 1 N–H and O–H groups in total. The Hall–Kier alpha value is -1.00. The van der Waals surface area contributed by atoms with Gasteiger partial charge < -0.3 is 5.32 Å². The topological polar surface area (TPSA) is 41.0 Å². The van der Waals surface area contributed by atoms with E-state index in [1.807, 2.05) is 13.2 Å². The van der Waals surface area contributed by atoms with Crippen LogP contribution < -0.4 is 5.32 Å². The summed E-state index contributed by atoms with van der Waals surface area (Å²) in [5, 5.41) is 3.36. The van der Waals surface area contributed by atoms with Gasteiger partial charge in [-0.1, -0.05) is 0 Å². The Morgan fingerprint density at radius 2 is 2.38 bits per heavy atom. The van der Waals surface area contributed by atoms with Gasteiger partial charge in [-0.2, -0.15) is 0 Å². The molecule has 0 bridgehead atoms. The minimum absolute atomic E-state index is 0.366. The zero-order valence-electron chi connectivity index (χ0n) is 10.1. The fourth-order valence-corrected chi connectivity index (χ4v) is 2.31. The Labute approximate surface area is 97.1 Å². The zero-order valence-corrected chi connectivity index (χ0v) is 10.1. The van der Waals surface area contributed by atoms with Crippen LogP contribution in [0.3, 0.4) is 0 Å². The molecule has 2 atom stereocenters. The van der Waals surface area contributed by atoms with E-state index in [0.717, 1.165) is 18.8 Å². The molecule has 0 radical (unpaired) electrons. The van der Waals surface area contributed by atoms with Crippen LogP contribution in [0.4, 0.5) is 0 Å². The molecule has 0 spiro atoms. The summed E-state index contributed by atoms with van der Waals surface area (Å²) in [6.07, 6.45) is 7.90. The number of hydrogen-bond acceptors (Lipinski definition) is 4. The first kappa shape index (κ1) is 11.5. The van der Waals surface area contributed by atoms with Crippen molar-refractivity contribution in [3.63, 3.8) is 0 Å². The fourth-order valence-electron chi connectivity index (χ4n) is 2.31. The third-order valence-corrected chi connectivity index (χ3v) is 3.42. The standard InChI is InChI=1S/C12H20N4/c1-10(12-8-14-5-6-15-12)16-7-3-4-11(9-16)13-2/h5-6,8,10-11,13H,3-4,7,9H2,1-2H3/t10-,11-/m0/s1. The first-order valence-corrected chi connectivity index (χ1v) is 5.98. The summed E-state index contributed by atoms with van der Waals surface area (Å²) >= 11 is 0. The van der Waals surface area contributed by atoms with Crippen molar-refractivity contribution in [3.8, 4) is 0 Å². The zero-order chi connectivity index (χ0) is 11.4. The molecule has 1 fully saturated rings. The lowest BCUT2D eigenvalue weighted by molar-refractivity contribution is 0.146. The monoisotopic (exact) mass is 220 g/mol. The molecule has 1 aliphatic rings. The highest BCUT2D eigenvalue weighted by molar-refractivity contribution is 5.02. The van der Waals surface area contributed by atoms with Crippen LogP contribution in [0.1, 0.15) is 31.5 Å². The largest absolute Gasteiger partial charge is 0.316 e. The van der Waals surface area contributed by atoms with Crippen molar-refractivity contribution in [3.05, 3.63) is 24.3 Å². The molecule has 1 aliphatic heterocycles. The molecule has 2 rings (SSSR count). The molecule has 1 aromatic heterocycles. The average molecular weight is 220 g/mol. The maximum Gasteiger partial charge on any atom is 0.0755 e. The highest BCUT2D eigenvalue weighted by Gasteiger charge is 2.23. The van der Waals surface area contributed by atoms with Crippen molar-refractivity contribution >= 4 is 0 Å². The Balaban J connectivity index is 2.01. The van der Waals surface area contributed by atoms with Gasteiger partial charge in [0.15, 0.2) is 0 Å². The van der Waals surface area contributed by atoms with Gasteiger partial charge in [-0.05, 0) is 33.4 Å². The van der Waals surface area contributed by atoms with Gasteiger partial charge in [0, 0.05) is 31.2 Å². The Kier molecular flexibility index (Phi) is 3.85. The predicted octanol–water partition coefficient (Wildman–Crippen LogP) is 1.22. The van der Waals surface area contributed by atoms with Gasteiger partial charge in [-0.15, -0.1) is 0 Å².